The van der Waals surface area contributed by atoms with Crippen molar-refractivity contribution >= 4 is 5.69 Å². The van der Waals surface area contributed by atoms with E-state index in [-0.39, 0.29) is 5.56 Å². The van der Waals surface area contributed by atoms with Gasteiger partial charge in [-0.1, -0.05) is 19.4 Å². The summed E-state index contributed by atoms with van der Waals surface area (Å²) in [6.45, 7) is 4.07. The molecule has 1 aliphatic rings. The van der Waals surface area contributed by atoms with E-state index in [2.05, 4.69) is 11.8 Å². The molecule has 1 aliphatic heterocycles. The SMILES string of the molecule is CCCC1CN(c2cccc(F)c2C#N)C1. The van der Waals surface area contributed by atoms with E-state index >= 15 is 0 Å². The minimum Gasteiger partial charge on any atom is -0.370 e. The van der Waals surface area contributed by atoms with Crippen molar-refractivity contribution in [3.05, 3.63) is 29.6 Å². The molecule has 0 aromatic heterocycles. The monoisotopic (exact) mass is 218 g/mol. The molecule has 0 bridgehead atoms. The quantitative estimate of drug-likeness (QED) is 0.780. The van der Waals surface area contributed by atoms with Crippen LogP contribution in [0.3, 0.4) is 0 Å². The first kappa shape index (κ1) is 10.9. The minimum absolute atomic E-state index is 0.178. The van der Waals surface area contributed by atoms with Gasteiger partial charge in [0.2, 0.25) is 0 Å². The van der Waals surface area contributed by atoms with Gasteiger partial charge >= 0.3 is 0 Å². The molecule has 1 saturated heterocycles. The molecule has 0 spiro atoms. The van der Waals surface area contributed by atoms with Gasteiger partial charge < -0.3 is 4.90 Å². The molecule has 0 amide bonds. The third-order valence-corrected chi connectivity index (χ3v) is 3.10. The standard InChI is InChI=1S/C13H15FN2/c1-2-4-10-8-16(9-10)13-6-3-5-12(14)11(13)7-15/h3,5-6,10H,2,4,8-9H2,1H3. The Morgan fingerprint density at radius 2 is 2.25 bits per heavy atom. The number of nitrogens with zero attached hydrogens (tertiary/aromatic N) is 2. The first-order valence-corrected chi connectivity index (χ1v) is 5.69. The number of nitriles is 1. The number of benzene rings is 1. The summed E-state index contributed by atoms with van der Waals surface area (Å²) in [5.41, 5.74) is 0.923. The normalized spacial score (nSPS) is 15.7. The molecule has 0 N–H and O–H groups in total. The van der Waals surface area contributed by atoms with Crippen LogP contribution in [0.5, 0.6) is 0 Å². The van der Waals surface area contributed by atoms with Crippen LogP contribution in [0.25, 0.3) is 0 Å². The van der Waals surface area contributed by atoms with E-state index in [0.717, 1.165) is 18.8 Å². The summed E-state index contributed by atoms with van der Waals surface area (Å²) in [6.07, 6.45) is 2.40. The zero-order valence-corrected chi connectivity index (χ0v) is 9.41. The van der Waals surface area contributed by atoms with E-state index in [4.69, 9.17) is 5.26 Å². The Morgan fingerprint density at radius 3 is 2.88 bits per heavy atom. The molecule has 0 unspecified atom stereocenters. The number of hydrogen-bond acceptors (Lipinski definition) is 2. The van der Waals surface area contributed by atoms with Crippen molar-refractivity contribution in [2.75, 3.05) is 18.0 Å². The summed E-state index contributed by atoms with van der Waals surface area (Å²) in [5, 5.41) is 8.92. The predicted molar refractivity (Wildman–Crippen MR) is 61.7 cm³/mol. The van der Waals surface area contributed by atoms with Gasteiger partial charge in [-0.15, -0.1) is 0 Å². The smallest absolute Gasteiger partial charge is 0.143 e. The molecule has 1 heterocycles. The van der Waals surface area contributed by atoms with Crippen LogP contribution in [0.2, 0.25) is 0 Å². The summed E-state index contributed by atoms with van der Waals surface area (Å²) < 4.78 is 13.4. The Morgan fingerprint density at radius 1 is 1.50 bits per heavy atom. The van der Waals surface area contributed by atoms with E-state index < -0.39 is 5.82 Å². The molecule has 0 radical (unpaired) electrons. The highest BCUT2D eigenvalue weighted by Crippen LogP contribution is 2.30. The minimum atomic E-state index is -0.418. The third-order valence-electron chi connectivity index (χ3n) is 3.10. The highest BCUT2D eigenvalue weighted by atomic mass is 19.1. The first-order valence-electron chi connectivity index (χ1n) is 5.69. The second-order valence-corrected chi connectivity index (χ2v) is 4.31. The van der Waals surface area contributed by atoms with Crippen LogP contribution in [0.15, 0.2) is 18.2 Å². The molecule has 16 heavy (non-hydrogen) atoms. The van der Waals surface area contributed by atoms with Crippen LogP contribution in [0.1, 0.15) is 25.3 Å². The maximum atomic E-state index is 13.4. The molecule has 2 rings (SSSR count). The average Bonchev–Trinajstić information content (AvgIpc) is 2.22. The molecular weight excluding hydrogens is 203 g/mol. The molecule has 84 valence electrons. The fourth-order valence-corrected chi connectivity index (χ4v) is 2.24. The zero-order valence-electron chi connectivity index (χ0n) is 9.41. The lowest BCUT2D eigenvalue weighted by Crippen LogP contribution is -2.47. The van der Waals surface area contributed by atoms with Crippen molar-refractivity contribution < 1.29 is 4.39 Å². The van der Waals surface area contributed by atoms with Crippen LogP contribution >= 0.6 is 0 Å². The van der Waals surface area contributed by atoms with E-state index in [9.17, 15) is 4.39 Å². The summed E-state index contributed by atoms with van der Waals surface area (Å²) in [5.74, 6) is 0.291. The highest BCUT2D eigenvalue weighted by molar-refractivity contribution is 5.61. The Kier molecular flexibility index (Phi) is 3.09. The third kappa shape index (κ3) is 1.88. The number of halogens is 1. The molecule has 2 nitrogen and oxygen atoms in total. The van der Waals surface area contributed by atoms with Gasteiger partial charge in [0, 0.05) is 13.1 Å². The summed E-state index contributed by atoms with van der Waals surface area (Å²) in [7, 11) is 0. The van der Waals surface area contributed by atoms with Crippen molar-refractivity contribution in [2.45, 2.75) is 19.8 Å². The molecule has 3 heteroatoms. The molecule has 0 aliphatic carbocycles. The largest absolute Gasteiger partial charge is 0.370 e. The van der Waals surface area contributed by atoms with Gasteiger partial charge in [-0.3, -0.25) is 0 Å². The Labute approximate surface area is 95.3 Å². The second kappa shape index (κ2) is 4.52. The summed E-state index contributed by atoms with van der Waals surface area (Å²) >= 11 is 0. The van der Waals surface area contributed by atoms with Crippen molar-refractivity contribution in [3.8, 4) is 6.07 Å². The zero-order chi connectivity index (χ0) is 11.5. The van der Waals surface area contributed by atoms with E-state index in [1.807, 2.05) is 12.1 Å². The lowest BCUT2D eigenvalue weighted by atomic mass is 9.93. The van der Waals surface area contributed by atoms with Gasteiger partial charge in [0.25, 0.3) is 0 Å². The molecule has 1 aromatic carbocycles. The van der Waals surface area contributed by atoms with Crippen molar-refractivity contribution in [3.63, 3.8) is 0 Å². The van der Waals surface area contributed by atoms with Crippen LogP contribution < -0.4 is 4.90 Å². The van der Waals surface area contributed by atoms with Crippen molar-refractivity contribution in [1.82, 2.24) is 0 Å². The second-order valence-electron chi connectivity index (χ2n) is 4.31. The number of anilines is 1. The van der Waals surface area contributed by atoms with E-state index in [1.165, 1.54) is 18.9 Å². The lowest BCUT2D eigenvalue weighted by molar-refractivity contribution is 0.380. The van der Waals surface area contributed by atoms with Gasteiger partial charge in [-0.05, 0) is 24.5 Å². The fraction of sp³-hybridized carbons (Fsp3) is 0.462. The number of rotatable bonds is 3. The van der Waals surface area contributed by atoms with Crippen LogP contribution in [0.4, 0.5) is 10.1 Å². The van der Waals surface area contributed by atoms with Crippen LogP contribution in [0, 0.1) is 23.1 Å². The van der Waals surface area contributed by atoms with Gasteiger partial charge in [0.15, 0.2) is 0 Å². The Hall–Kier alpha value is -1.56. The molecular formula is C13H15FN2. The maximum absolute atomic E-state index is 13.4. The topological polar surface area (TPSA) is 27.0 Å². The molecule has 0 atom stereocenters. The maximum Gasteiger partial charge on any atom is 0.143 e. The highest BCUT2D eigenvalue weighted by Gasteiger charge is 2.28. The first-order chi connectivity index (χ1) is 7.76. The fourth-order valence-electron chi connectivity index (χ4n) is 2.24. The van der Waals surface area contributed by atoms with Crippen LogP contribution in [-0.4, -0.2) is 13.1 Å². The summed E-state index contributed by atoms with van der Waals surface area (Å²) in [6, 6.07) is 6.77. The summed E-state index contributed by atoms with van der Waals surface area (Å²) in [4.78, 5) is 2.09. The van der Waals surface area contributed by atoms with Crippen molar-refractivity contribution in [1.29, 1.82) is 5.26 Å². The van der Waals surface area contributed by atoms with E-state index in [1.54, 1.807) is 6.07 Å². The molecule has 1 aromatic rings. The van der Waals surface area contributed by atoms with Crippen molar-refractivity contribution in [2.24, 2.45) is 5.92 Å². The van der Waals surface area contributed by atoms with Gasteiger partial charge in [0.05, 0.1) is 5.69 Å². The molecule has 0 saturated carbocycles. The lowest BCUT2D eigenvalue weighted by Gasteiger charge is -2.41. The van der Waals surface area contributed by atoms with Gasteiger partial charge in [-0.2, -0.15) is 5.26 Å². The van der Waals surface area contributed by atoms with E-state index in [0.29, 0.717) is 5.92 Å². The van der Waals surface area contributed by atoms with Crippen LogP contribution in [-0.2, 0) is 0 Å². The number of hydrogen-bond donors (Lipinski definition) is 0. The Balaban J connectivity index is 2.12. The average molecular weight is 218 g/mol. The predicted octanol–water partition coefficient (Wildman–Crippen LogP) is 2.93. The molecule has 1 fully saturated rings. The van der Waals surface area contributed by atoms with Gasteiger partial charge in [-0.25, -0.2) is 4.39 Å². The van der Waals surface area contributed by atoms with Gasteiger partial charge in [0.1, 0.15) is 17.4 Å². The Bertz CT molecular complexity index is 416.